The largest absolute Gasteiger partial charge is 0.508 e. The van der Waals surface area contributed by atoms with Crippen LogP contribution >= 0.6 is 11.8 Å². The fourth-order valence-corrected chi connectivity index (χ4v) is 2.77. The molecular formula is C16H18OS. The predicted molar refractivity (Wildman–Crippen MR) is 78.3 cm³/mol. The SMILES string of the molecule is CC(C)Sc1ccc(O)c(Cc2ccccc2)c1. The van der Waals surface area contributed by atoms with Crippen LogP contribution in [0.1, 0.15) is 25.0 Å². The van der Waals surface area contributed by atoms with E-state index in [4.69, 9.17) is 0 Å². The van der Waals surface area contributed by atoms with E-state index in [1.54, 1.807) is 6.07 Å². The lowest BCUT2D eigenvalue weighted by atomic mass is 10.0. The van der Waals surface area contributed by atoms with E-state index in [0.29, 0.717) is 11.0 Å². The molecule has 0 bridgehead atoms. The molecule has 2 rings (SSSR count). The minimum Gasteiger partial charge on any atom is -0.508 e. The molecule has 0 saturated heterocycles. The fourth-order valence-electron chi connectivity index (χ4n) is 1.86. The van der Waals surface area contributed by atoms with Crippen LogP contribution in [0.5, 0.6) is 5.75 Å². The molecule has 0 aromatic heterocycles. The molecule has 0 amide bonds. The summed E-state index contributed by atoms with van der Waals surface area (Å²) in [6.45, 7) is 4.35. The molecule has 1 nitrogen and oxygen atoms in total. The summed E-state index contributed by atoms with van der Waals surface area (Å²) in [6.07, 6.45) is 0.777. The Morgan fingerprint density at radius 3 is 2.44 bits per heavy atom. The topological polar surface area (TPSA) is 20.2 Å². The van der Waals surface area contributed by atoms with Gasteiger partial charge in [0.1, 0.15) is 5.75 Å². The van der Waals surface area contributed by atoms with Crippen LogP contribution in [0, 0.1) is 0 Å². The summed E-state index contributed by atoms with van der Waals surface area (Å²) >= 11 is 1.82. The highest BCUT2D eigenvalue weighted by atomic mass is 32.2. The Labute approximate surface area is 113 Å². The third-order valence-electron chi connectivity index (χ3n) is 2.66. The molecule has 2 heteroatoms. The van der Waals surface area contributed by atoms with Crippen molar-refractivity contribution in [1.82, 2.24) is 0 Å². The summed E-state index contributed by atoms with van der Waals surface area (Å²) in [6, 6.07) is 16.1. The standard InChI is InChI=1S/C16H18OS/c1-12(2)18-15-8-9-16(17)14(11-15)10-13-6-4-3-5-7-13/h3-9,11-12,17H,10H2,1-2H3. The first-order valence-corrected chi connectivity index (χ1v) is 7.05. The summed E-state index contributed by atoms with van der Waals surface area (Å²) < 4.78 is 0. The first-order valence-electron chi connectivity index (χ1n) is 6.17. The maximum absolute atomic E-state index is 9.92. The van der Waals surface area contributed by atoms with Crippen LogP contribution in [-0.4, -0.2) is 10.4 Å². The lowest BCUT2D eigenvalue weighted by Crippen LogP contribution is -1.91. The molecule has 0 spiro atoms. The van der Waals surface area contributed by atoms with Crippen molar-refractivity contribution in [3.8, 4) is 5.75 Å². The molecular weight excluding hydrogens is 240 g/mol. The van der Waals surface area contributed by atoms with Crippen LogP contribution in [0.15, 0.2) is 53.4 Å². The average molecular weight is 258 g/mol. The molecule has 0 heterocycles. The Morgan fingerprint density at radius 2 is 1.78 bits per heavy atom. The Kier molecular flexibility index (Phi) is 4.32. The van der Waals surface area contributed by atoms with Gasteiger partial charge in [0.25, 0.3) is 0 Å². The summed E-state index contributed by atoms with van der Waals surface area (Å²) in [4.78, 5) is 1.22. The Bertz CT molecular complexity index is 506. The molecule has 0 radical (unpaired) electrons. The molecule has 94 valence electrons. The van der Waals surface area contributed by atoms with Crippen LogP contribution < -0.4 is 0 Å². The van der Waals surface area contributed by atoms with Gasteiger partial charge in [0.05, 0.1) is 0 Å². The maximum atomic E-state index is 9.92. The molecule has 0 fully saturated rings. The van der Waals surface area contributed by atoms with Gasteiger partial charge in [-0.15, -0.1) is 11.8 Å². The van der Waals surface area contributed by atoms with E-state index in [0.717, 1.165) is 12.0 Å². The summed E-state index contributed by atoms with van der Waals surface area (Å²) in [5, 5.41) is 10.5. The second kappa shape index (κ2) is 5.96. The van der Waals surface area contributed by atoms with Crippen molar-refractivity contribution < 1.29 is 5.11 Å². The highest BCUT2D eigenvalue weighted by Gasteiger charge is 2.05. The summed E-state index contributed by atoms with van der Waals surface area (Å²) in [5.74, 6) is 0.381. The molecule has 0 aliphatic heterocycles. The van der Waals surface area contributed by atoms with Gasteiger partial charge in [-0.2, -0.15) is 0 Å². The van der Waals surface area contributed by atoms with Crippen LogP contribution in [0.3, 0.4) is 0 Å². The zero-order chi connectivity index (χ0) is 13.0. The van der Waals surface area contributed by atoms with Gasteiger partial charge >= 0.3 is 0 Å². The number of aromatic hydroxyl groups is 1. The number of thioether (sulfide) groups is 1. The first-order chi connectivity index (χ1) is 8.65. The average Bonchev–Trinajstić information content (AvgIpc) is 2.34. The maximum Gasteiger partial charge on any atom is 0.119 e. The lowest BCUT2D eigenvalue weighted by Gasteiger charge is -2.09. The number of benzene rings is 2. The third kappa shape index (κ3) is 3.54. The highest BCUT2D eigenvalue weighted by Crippen LogP contribution is 2.29. The van der Waals surface area contributed by atoms with Crippen molar-refractivity contribution in [2.45, 2.75) is 30.4 Å². The molecule has 2 aromatic carbocycles. The molecule has 0 aliphatic carbocycles. The van der Waals surface area contributed by atoms with Gasteiger partial charge in [-0.25, -0.2) is 0 Å². The molecule has 18 heavy (non-hydrogen) atoms. The summed E-state index contributed by atoms with van der Waals surface area (Å²) in [7, 11) is 0. The second-order valence-electron chi connectivity index (χ2n) is 4.62. The van der Waals surface area contributed by atoms with Gasteiger partial charge < -0.3 is 5.11 Å². The van der Waals surface area contributed by atoms with E-state index < -0.39 is 0 Å². The van der Waals surface area contributed by atoms with Crippen LogP contribution in [0.2, 0.25) is 0 Å². The normalized spacial score (nSPS) is 10.8. The zero-order valence-corrected chi connectivity index (χ0v) is 11.6. The van der Waals surface area contributed by atoms with Crippen molar-refractivity contribution >= 4 is 11.8 Å². The molecule has 2 aromatic rings. The minimum absolute atomic E-state index is 0.381. The Balaban J connectivity index is 2.21. The van der Waals surface area contributed by atoms with Gasteiger partial charge in [-0.3, -0.25) is 0 Å². The van der Waals surface area contributed by atoms with Crippen molar-refractivity contribution in [2.75, 3.05) is 0 Å². The number of phenols is 1. The first kappa shape index (κ1) is 13.0. The lowest BCUT2D eigenvalue weighted by molar-refractivity contribution is 0.469. The number of hydrogen-bond acceptors (Lipinski definition) is 2. The zero-order valence-electron chi connectivity index (χ0n) is 10.8. The number of hydrogen-bond donors (Lipinski definition) is 1. The Hall–Kier alpha value is -1.41. The molecule has 0 saturated carbocycles. The van der Waals surface area contributed by atoms with Gasteiger partial charge in [0, 0.05) is 16.6 Å². The third-order valence-corrected chi connectivity index (χ3v) is 3.66. The highest BCUT2D eigenvalue weighted by molar-refractivity contribution is 7.99. The second-order valence-corrected chi connectivity index (χ2v) is 6.27. The molecule has 0 aliphatic rings. The van der Waals surface area contributed by atoms with Gasteiger partial charge in [0.2, 0.25) is 0 Å². The van der Waals surface area contributed by atoms with Crippen molar-refractivity contribution in [2.24, 2.45) is 0 Å². The van der Waals surface area contributed by atoms with Crippen molar-refractivity contribution in [3.63, 3.8) is 0 Å². The van der Waals surface area contributed by atoms with Gasteiger partial charge in [-0.1, -0.05) is 44.2 Å². The van der Waals surface area contributed by atoms with Crippen molar-refractivity contribution in [3.05, 3.63) is 59.7 Å². The molecule has 0 unspecified atom stereocenters. The number of rotatable bonds is 4. The van der Waals surface area contributed by atoms with E-state index in [2.05, 4.69) is 32.0 Å². The quantitative estimate of drug-likeness (QED) is 0.816. The van der Waals surface area contributed by atoms with Crippen LogP contribution in [0.25, 0.3) is 0 Å². The smallest absolute Gasteiger partial charge is 0.119 e. The molecule has 1 N–H and O–H groups in total. The monoisotopic (exact) mass is 258 g/mol. The van der Waals surface area contributed by atoms with Crippen molar-refractivity contribution in [1.29, 1.82) is 0 Å². The predicted octanol–water partition coefficient (Wildman–Crippen LogP) is 4.48. The van der Waals surface area contributed by atoms with E-state index in [1.165, 1.54) is 10.5 Å². The van der Waals surface area contributed by atoms with E-state index in [9.17, 15) is 5.11 Å². The van der Waals surface area contributed by atoms with Gasteiger partial charge in [-0.05, 0) is 29.3 Å². The Morgan fingerprint density at radius 1 is 1.06 bits per heavy atom. The van der Waals surface area contributed by atoms with Crippen LogP contribution in [0.4, 0.5) is 0 Å². The van der Waals surface area contributed by atoms with Crippen LogP contribution in [-0.2, 0) is 6.42 Å². The van der Waals surface area contributed by atoms with E-state index >= 15 is 0 Å². The summed E-state index contributed by atoms with van der Waals surface area (Å²) in [5.41, 5.74) is 2.21. The fraction of sp³-hybridized carbons (Fsp3) is 0.250. The van der Waals surface area contributed by atoms with E-state index in [1.807, 2.05) is 36.0 Å². The van der Waals surface area contributed by atoms with E-state index in [-0.39, 0.29) is 0 Å². The number of phenolic OH excluding ortho intramolecular Hbond substituents is 1. The van der Waals surface area contributed by atoms with Gasteiger partial charge in [0.15, 0.2) is 0 Å². The minimum atomic E-state index is 0.381. The molecule has 0 atom stereocenters.